The molecule has 3 amide bonds. The second-order valence-corrected chi connectivity index (χ2v) is 7.06. The summed E-state index contributed by atoms with van der Waals surface area (Å²) in [5.41, 5.74) is 0.890. The van der Waals surface area contributed by atoms with Crippen LogP contribution >= 0.6 is 0 Å². The topological polar surface area (TPSA) is 65.9 Å². The molecule has 25 heavy (non-hydrogen) atoms. The van der Waals surface area contributed by atoms with Crippen LogP contribution in [0.15, 0.2) is 30.3 Å². The maximum absolute atomic E-state index is 12.2. The number of likely N-dealkylation sites (tertiary alicyclic amines) is 1. The zero-order valence-corrected chi connectivity index (χ0v) is 14.8. The van der Waals surface area contributed by atoms with E-state index in [1.54, 1.807) is 9.80 Å². The van der Waals surface area contributed by atoms with Crippen LogP contribution in [-0.4, -0.2) is 50.7 Å². The quantitative estimate of drug-likeness (QED) is 0.659. The monoisotopic (exact) mass is 345 g/mol. The summed E-state index contributed by atoms with van der Waals surface area (Å²) in [5, 5.41) is 5.85. The van der Waals surface area contributed by atoms with Gasteiger partial charge in [-0.1, -0.05) is 18.2 Å². The van der Waals surface area contributed by atoms with Crippen molar-refractivity contribution in [1.29, 1.82) is 0 Å². The van der Waals surface area contributed by atoms with E-state index in [1.807, 2.05) is 30.3 Å². The van der Waals surface area contributed by atoms with E-state index in [0.717, 1.165) is 18.7 Å². The molecular formula is C19H29N4O2+. The van der Waals surface area contributed by atoms with Crippen LogP contribution in [0.1, 0.15) is 32.1 Å². The SMILES string of the molecule is O=C(NCCC[NH+]1CCCCC1)N[C@H]1CC(=O)N(c2ccccc2)C1. The first-order valence-electron chi connectivity index (χ1n) is 9.46. The molecule has 2 fully saturated rings. The summed E-state index contributed by atoms with van der Waals surface area (Å²) in [6.07, 6.45) is 5.39. The molecule has 2 aliphatic heterocycles. The molecule has 136 valence electrons. The van der Waals surface area contributed by atoms with Gasteiger partial charge in [0.25, 0.3) is 0 Å². The molecule has 1 atom stereocenters. The van der Waals surface area contributed by atoms with Gasteiger partial charge >= 0.3 is 6.03 Å². The fourth-order valence-corrected chi connectivity index (χ4v) is 3.74. The molecule has 2 heterocycles. The molecule has 0 unspecified atom stereocenters. The average Bonchev–Trinajstić information content (AvgIpc) is 3.00. The van der Waals surface area contributed by atoms with Crippen molar-refractivity contribution in [3.63, 3.8) is 0 Å². The van der Waals surface area contributed by atoms with Crippen LogP contribution < -0.4 is 20.4 Å². The molecule has 0 spiro atoms. The Labute approximate surface area is 149 Å². The number of hydrogen-bond acceptors (Lipinski definition) is 2. The first-order chi connectivity index (χ1) is 12.2. The van der Waals surface area contributed by atoms with Gasteiger partial charge in [-0.3, -0.25) is 4.79 Å². The zero-order chi connectivity index (χ0) is 17.5. The number of quaternary nitrogens is 1. The Morgan fingerprint density at radius 1 is 1.16 bits per heavy atom. The van der Waals surface area contributed by atoms with Crippen molar-refractivity contribution in [3.05, 3.63) is 30.3 Å². The third-order valence-electron chi connectivity index (χ3n) is 5.08. The fourth-order valence-electron chi connectivity index (χ4n) is 3.74. The minimum absolute atomic E-state index is 0.0604. The molecule has 6 nitrogen and oxygen atoms in total. The Morgan fingerprint density at radius 3 is 2.68 bits per heavy atom. The summed E-state index contributed by atoms with van der Waals surface area (Å²) in [6.45, 7) is 4.90. The van der Waals surface area contributed by atoms with Gasteiger partial charge in [-0.05, 0) is 31.4 Å². The van der Waals surface area contributed by atoms with Crippen LogP contribution in [0.5, 0.6) is 0 Å². The lowest BCUT2D eigenvalue weighted by Gasteiger charge is -2.23. The second-order valence-electron chi connectivity index (χ2n) is 7.06. The van der Waals surface area contributed by atoms with Crippen molar-refractivity contribution in [2.45, 2.75) is 38.1 Å². The Bertz CT molecular complexity index is 572. The number of nitrogens with zero attached hydrogens (tertiary/aromatic N) is 1. The number of para-hydroxylation sites is 1. The average molecular weight is 345 g/mol. The van der Waals surface area contributed by atoms with Crippen LogP contribution in [0.25, 0.3) is 0 Å². The molecule has 3 N–H and O–H groups in total. The molecule has 2 saturated heterocycles. The Balaban J connectivity index is 1.35. The van der Waals surface area contributed by atoms with E-state index in [4.69, 9.17) is 0 Å². The van der Waals surface area contributed by atoms with Gasteiger partial charge in [0.2, 0.25) is 5.91 Å². The maximum Gasteiger partial charge on any atom is 0.315 e. The molecular weight excluding hydrogens is 316 g/mol. The number of benzene rings is 1. The van der Waals surface area contributed by atoms with Crippen molar-refractivity contribution in [2.75, 3.05) is 37.6 Å². The van der Waals surface area contributed by atoms with Crippen molar-refractivity contribution in [2.24, 2.45) is 0 Å². The van der Waals surface area contributed by atoms with Gasteiger partial charge in [0.05, 0.1) is 25.7 Å². The Hall–Kier alpha value is -2.08. The highest BCUT2D eigenvalue weighted by Crippen LogP contribution is 2.20. The number of rotatable bonds is 6. The van der Waals surface area contributed by atoms with Gasteiger partial charge in [-0.25, -0.2) is 4.79 Å². The Kier molecular flexibility index (Phi) is 6.28. The lowest BCUT2D eigenvalue weighted by molar-refractivity contribution is -0.904. The number of carbonyl (C=O) groups is 2. The number of hydrogen-bond donors (Lipinski definition) is 3. The zero-order valence-electron chi connectivity index (χ0n) is 14.8. The number of piperidine rings is 1. The standard InChI is InChI=1S/C19H28N4O2/c24-18-14-16(15-23(18)17-8-3-1-4-9-17)21-19(25)20-10-7-13-22-11-5-2-6-12-22/h1,3-4,8-9,16H,2,5-7,10-15H2,(H2,20,21,25)/p+1/t16-/m0/s1. The van der Waals surface area contributed by atoms with Crippen LogP contribution in [0, 0.1) is 0 Å². The van der Waals surface area contributed by atoms with E-state index in [1.165, 1.54) is 32.4 Å². The first kappa shape index (κ1) is 17.7. The smallest absolute Gasteiger partial charge is 0.315 e. The van der Waals surface area contributed by atoms with E-state index in [0.29, 0.717) is 19.5 Å². The number of anilines is 1. The number of amides is 3. The highest BCUT2D eigenvalue weighted by Gasteiger charge is 2.31. The van der Waals surface area contributed by atoms with Crippen molar-refractivity contribution in [3.8, 4) is 0 Å². The number of nitrogens with one attached hydrogen (secondary N) is 3. The molecule has 0 saturated carbocycles. The summed E-state index contributed by atoms with van der Waals surface area (Å²) < 4.78 is 0. The van der Waals surface area contributed by atoms with E-state index in [2.05, 4.69) is 10.6 Å². The third-order valence-corrected chi connectivity index (χ3v) is 5.08. The van der Waals surface area contributed by atoms with Crippen molar-refractivity contribution in [1.82, 2.24) is 10.6 Å². The maximum atomic E-state index is 12.2. The van der Waals surface area contributed by atoms with Crippen molar-refractivity contribution >= 4 is 17.6 Å². The van der Waals surface area contributed by atoms with E-state index < -0.39 is 0 Å². The lowest BCUT2D eigenvalue weighted by atomic mass is 10.1. The molecule has 0 bridgehead atoms. The van der Waals surface area contributed by atoms with E-state index in [9.17, 15) is 9.59 Å². The van der Waals surface area contributed by atoms with Crippen LogP contribution in [0.2, 0.25) is 0 Å². The predicted octanol–water partition coefficient (Wildman–Crippen LogP) is 0.550. The van der Waals surface area contributed by atoms with Gasteiger partial charge in [-0.15, -0.1) is 0 Å². The number of urea groups is 1. The highest BCUT2D eigenvalue weighted by atomic mass is 16.2. The van der Waals surface area contributed by atoms with Gasteiger partial charge < -0.3 is 20.4 Å². The fraction of sp³-hybridized carbons (Fsp3) is 0.579. The highest BCUT2D eigenvalue weighted by molar-refractivity contribution is 5.96. The van der Waals surface area contributed by atoms with E-state index >= 15 is 0 Å². The minimum atomic E-state index is -0.165. The van der Waals surface area contributed by atoms with Gasteiger partial charge in [0.15, 0.2) is 0 Å². The van der Waals surface area contributed by atoms with Gasteiger partial charge in [-0.2, -0.15) is 0 Å². The molecule has 3 rings (SSSR count). The van der Waals surface area contributed by atoms with Crippen LogP contribution in [-0.2, 0) is 4.79 Å². The Morgan fingerprint density at radius 2 is 1.92 bits per heavy atom. The second kappa shape index (κ2) is 8.85. The van der Waals surface area contributed by atoms with E-state index in [-0.39, 0.29) is 18.0 Å². The molecule has 0 radical (unpaired) electrons. The van der Waals surface area contributed by atoms with Crippen LogP contribution in [0.4, 0.5) is 10.5 Å². The predicted molar refractivity (Wildman–Crippen MR) is 97.8 cm³/mol. The molecule has 1 aromatic rings. The summed E-state index contributed by atoms with van der Waals surface area (Å²) in [7, 11) is 0. The van der Waals surface area contributed by atoms with Gasteiger partial charge in [0.1, 0.15) is 0 Å². The van der Waals surface area contributed by atoms with Gasteiger partial charge in [0, 0.05) is 31.6 Å². The number of carbonyl (C=O) groups excluding carboxylic acids is 2. The molecule has 0 aromatic heterocycles. The third kappa shape index (κ3) is 5.19. The normalized spacial score (nSPS) is 21.4. The first-order valence-corrected chi connectivity index (χ1v) is 9.46. The van der Waals surface area contributed by atoms with Crippen molar-refractivity contribution < 1.29 is 14.5 Å². The lowest BCUT2D eigenvalue weighted by Crippen LogP contribution is -3.12. The molecule has 6 heteroatoms. The minimum Gasteiger partial charge on any atom is -0.338 e. The molecule has 2 aliphatic rings. The molecule has 1 aromatic carbocycles. The summed E-state index contributed by atoms with van der Waals surface area (Å²) in [5.74, 6) is 0.0604. The largest absolute Gasteiger partial charge is 0.338 e. The summed E-state index contributed by atoms with van der Waals surface area (Å²) >= 11 is 0. The summed E-state index contributed by atoms with van der Waals surface area (Å²) in [4.78, 5) is 27.6. The van der Waals surface area contributed by atoms with Crippen LogP contribution in [0.3, 0.4) is 0 Å². The summed E-state index contributed by atoms with van der Waals surface area (Å²) in [6, 6.07) is 9.31. The molecule has 0 aliphatic carbocycles.